The Bertz CT molecular complexity index is 1840. The average Bonchev–Trinajstić information content (AvgIpc) is 3.29. The molecule has 2 aliphatic heterocycles. The summed E-state index contributed by atoms with van der Waals surface area (Å²) in [5.41, 5.74) is -13.5. The first-order chi connectivity index (χ1) is 28.0. The number of hydrogen-bond donors (Lipinski definition) is 3. The molecule has 390 valence electrons. The third-order valence-electron chi connectivity index (χ3n) is 16.2. The predicted octanol–water partition coefficient (Wildman–Crippen LogP) is 9.87. The third-order valence-corrected chi connectivity index (χ3v) is 16.2. The van der Waals surface area contributed by atoms with Crippen LogP contribution in [-0.4, -0.2) is 97.3 Å². The Kier molecular flexibility index (Phi) is 17.2. The van der Waals surface area contributed by atoms with Gasteiger partial charge in [0, 0.05) is 44.9 Å². The highest BCUT2D eigenvalue weighted by molar-refractivity contribution is 5.88. The van der Waals surface area contributed by atoms with E-state index in [1.54, 1.807) is 41.5 Å². The van der Waals surface area contributed by atoms with Gasteiger partial charge in [-0.15, -0.1) is 0 Å². The summed E-state index contributed by atoms with van der Waals surface area (Å²) in [4.78, 5) is 71.2. The molecule has 2 heterocycles. The summed E-state index contributed by atoms with van der Waals surface area (Å²) in [5, 5.41) is 35.1. The van der Waals surface area contributed by atoms with Crippen molar-refractivity contribution in [3.8, 4) is 0 Å². The van der Waals surface area contributed by atoms with Crippen LogP contribution in [0.1, 0.15) is 222 Å². The van der Waals surface area contributed by atoms with Crippen LogP contribution in [0.2, 0.25) is 0 Å². The normalized spacial score (nSPS) is 39.9. The van der Waals surface area contributed by atoms with Crippen LogP contribution in [0.5, 0.6) is 0 Å². The minimum atomic E-state index is -1.55. The Hall–Kier alpha value is -2.81. The molecule has 0 radical (unpaired) electrons. The molecule has 3 N–H and O–H groups in total. The molecule has 10 rings (SSSR count). The standard InChI is InChI=1S/C47H70O14.6CH4/c1-9-39(6,33(49)60-46-18-29-14-42(24-46,23-43(53,15-29)26-46)36(52)57-31-12-10-11-13-56-31)22-40(7,20-37(2,3)32(48)59-41(8)21-38(4,5)58-35(41)51)34(50)61-47-19-30-16-44(54,27-47)25-45(55,17-30)28-47;;;;;;/h29-31,53-55H,9-28H2,1-8H3;6*1H4. The number of carbonyl (C=O) groups excluding carboxylic acids is 5. The number of cyclic esters (lactones) is 1. The molecule has 10 unspecified atom stereocenters. The minimum Gasteiger partial charge on any atom is -0.458 e. The zero-order valence-electron chi connectivity index (χ0n) is 37.7. The van der Waals surface area contributed by atoms with Gasteiger partial charge in [-0.25, -0.2) is 4.79 Å². The Labute approximate surface area is 404 Å². The quantitative estimate of drug-likeness (QED) is 0.116. The molecular formula is C53H94O14. The predicted molar refractivity (Wildman–Crippen MR) is 256 cm³/mol. The fourth-order valence-electron chi connectivity index (χ4n) is 14.8. The van der Waals surface area contributed by atoms with E-state index in [1.165, 1.54) is 6.92 Å². The van der Waals surface area contributed by atoms with Gasteiger partial charge in [0.2, 0.25) is 11.9 Å². The van der Waals surface area contributed by atoms with Gasteiger partial charge in [0.05, 0.1) is 45.1 Å². The van der Waals surface area contributed by atoms with Crippen LogP contribution in [0.3, 0.4) is 0 Å². The molecule has 8 saturated carbocycles. The van der Waals surface area contributed by atoms with Gasteiger partial charge < -0.3 is 43.7 Å². The fourth-order valence-corrected chi connectivity index (χ4v) is 14.8. The SMILES string of the molecule is C.C.C.C.C.C.CCC(C)(CC(C)(CC(C)(C)C(=O)OC1(C)CC(C)(C)OC1=O)C(=O)OC12CC3CC(O)(CC(O)(C3)C1)C2)C(=O)OC12CC3CC(O)(C1)CC(C(=O)OC1CCCCO1)(C3)C2. The highest BCUT2D eigenvalue weighted by atomic mass is 16.7. The van der Waals surface area contributed by atoms with E-state index in [4.69, 9.17) is 28.4 Å². The van der Waals surface area contributed by atoms with Crippen LogP contribution >= 0.6 is 0 Å². The van der Waals surface area contributed by atoms with Crippen molar-refractivity contribution in [3.63, 3.8) is 0 Å². The van der Waals surface area contributed by atoms with Crippen molar-refractivity contribution in [2.45, 2.75) is 267 Å². The molecule has 0 aromatic rings. The van der Waals surface area contributed by atoms with E-state index in [9.17, 15) is 34.5 Å². The molecule has 8 bridgehead atoms. The van der Waals surface area contributed by atoms with Crippen LogP contribution in [0.25, 0.3) is 0 Å². The van der Waals surface area contributed by atoms with Crippen molar-refractivity contribution in [1.29, 1.82) is 0 Å². The lowest BCUT2D eigenvalue weighted by Crippen LogP contribution is -2.67. The lowest BCUT2D eigenvalue weighted by molar-refractivity contribution is -0.266. The summed E-state index contributed by atoms with van der Waals surface area (Å²) in [7, 11) is 0. The Balaban J connectivity index is 0.00000257. The summed E-state index contributed by atoms with van der Waals surface area (Å²) < 4.78 is 36.3. The maximum atomic E-state index is 15.1. The van der Waals surface area contributed by atoms with Crippen molar-refractivity contribution in [2.24, 2.45) is 33.5 Å². The molecular weight excluding hydrogens is 861 g/mol. The molecule has 0 aromatic carbocycles. The van der Waals surface area contributed by atoms with Crippen molar-refractivity contribution in [2.75, 3.05) is 6.61 Å². The smallest absolute Gasteiger partial charge is 0.351 e. The second kappa shape index (κ2) is 19.1. The largest absolute Gasteiger partial charge is 0.458 e. The topological polar surface area (TPSA) is 201 Å². The third kappa shape index (κ3) is 11.1. The second-order valence-corrected chi connectivity index (χ2v) is 24.0. The molecule has 0 spiro atoms. The van der Waals surface area contributed by atoms with Gasteiger partial charge >= 0.3 is 29.8 Å². The van der Waals surface area contributed by atoms with Crippen molar-refractivity contribution < 1.29 is 67.7 Å². The zero-order chi connectivity index (χ0) is 44.5. The molecule has 14 nitrogen and oxygen atoms in total. The molecule has 0 aromatic heterocycles. The van der Waals surface area contributed by atoms with E-state index in [1.807, 2.05) is 6.92 Å². The number of hydrogen-bond acceptors (Lipinski definition) is 14. The summed E-state index contributed by atoms with van der Waals surface area (Å²) in [5.74, 6) is -3.15. The monoisotopic (exact) mass is 955 g/mol. The molecule has 8 aliphatic carbocycles. The first-order valence-corrected chi connectivity index (χ1v) is 22.9. The lowest BCUT2D eigenvalue weighted by Gasteiger charge is -2.63. The first kappa shape index (κ1) is 60.3. The lowest BCUT2D eigenvalue weighted by atomic mass is 9.46. The Morgan fingerprint density at radius 3 is 1.60 bits per heavy atom. The first-order valence-electron chi connectivity index (χ1n) is 22.9. The van der Waals surface area contributed by atoms with E-state index in [-0.39, 0.29) is 121 Å². The van der Waals surface area contributed by atoms with Crippen molar-refractivity contribution in [1.82, 2.24) is 0 Å². The van der Waals surface area contributed by atoms with E-state index in [0.29, 0.717) is 51.6 Å². The van der Waals surface area contributed by atoms with Gasteiger partial charge in [-0.05, 0) is 137 Å². The summed E-state index contributed by atoms with van der Waals surface area (Å²) >= 11 is 0. The van der Waals surface area contributed by atoms with Gasteiger partial charge in [0.1, 0.15) is 16.8 Å². The number of ether oxygens (including phenoxy) is 6. The van der Waals surface area contributed by atoms with Gasteiger partial charge in [0.15, 0.2) is 0 Å². The Morgan fingerprint density at radius 2 is 1.13 bits per heavy atom. The molecule has 10 aliphatic rings. The van der Waals surface area contributed by atoms with Gasteiger partial charge in [-0.1, -0.05) is 51.5 Å². The number of carbonyl (C=O) groups is 5. The summed E-state index contributed by atoms with van der Waals surface area (Å²) in [6.07, 6.45) is 6.11. The molecule has 2 saturated heterocycles. The van der Waals surface area contributed by atoms with Gasteiger partial charge in [0.25, 0.3) is 0 Å². The number of rotatable bonds is 13. The molecule has 0 amide bonds. The van der Waals surface area contributed by atoms with Gasteiger partial charge in [-0.3, -0.25) is 19.2 Å². The van der Waals surface area contributed by atoms with Gasteiger partial charge in [-0.2, -0.15) is 0 Å². The van der Waals surface area contributed by atoms with Crippen LogP contribution in [0.4, 0.5) is 0 Å². The van der Waals surface area contributed by atoms with Crippen molar-refractivity contribution >= 4 is 29.8 Å². The fraction of sp³-hybridized carbons (Fsp3) is 0.906. The molecule has 10 atom stereocenters. The van der Waals surface area contributed by atoms with E-state index < -0.39 is 97.0 Å². The summed E-state index contributed by atoms with van der Waals surface area (Å²) in [6, 6.07) is 0. The average molecular weight is 955 g/mol. The molecule has 14 heteroatoms. The molecule has 67 heavy (non-hydrogen) atoms. The van der Waals surface area contributed by atoms with E-state index >= 15 is 4.79 Å². The maximum Gasteiger partial charge on any atom is 0.351 e. The number of esters is 5. The highest BCUT2D eigenvalue weighted by Gasteiger charge is 2.69. The minimum absolute atomic E-state index is 0. The number of aliphatic hydroxyl groups is 3. The van der Waals surface area contributed by atoms with Crippen LogP contribution in [0, 0.1) is 33.5 Å². The van der Waals surface area contributed by atoms with Crippen molar-refractivity contribution in [3.05, 3.63) is 0 Å². The van der Waals surface area contributed by atoms with Crippen LogP contribution in [0.15, 0.2) is 0 Å². The molecule has 10 fully saturated rings. The summed E-state index contributed by atoms with van der Waals surface area (Å²) in [6.45, 7) is 14.0. The highest BCUT2D eigenvalue weighted by Crippen LogP contribution is 2.66. The second-order valence-electron chi connectivity index (χ2n) is 24.0. The maximum absolute atomic E-state index is 15.1. The zero-order valence-corrected chi connectivity index (χ0v) is 37.7. The Morgan fingerprint density at radius 1 is 0.627 bits per heavy atom. The van der Waals surface area contributed by atoms with Crippen LogP contribution < -0.4 is 0 Å². The van der Waals surface area contributed by atoms with E-state index in [0.717, 1.165) is 12.8 Å². The van der Waals surface area contributed by atoms with Crippen LogP contribution in [-0.2, 0) is 52.4 Å². The van der Waals surface area contributed by atoms with E-state index in [2.05, 4.69) is 0 Å².